The number of nitro groups is 1. The van der Waals surface area contributed by atoms with Gasteiger partial charge in [-0.1, -0.05) is 6.92 Å². The highest BCUT2D eigenvalue weighted by Crippen LogP contribution is 2.32. The third kappa shape index (κ3) is 3.29. The molecule has 1 heterocycles. The van der Waals surface area contributed by atoms with E-state index in [2.05, 4.69) is 11.9 Å². The Morgan fingerprint density at radius 3 is 2.52 bits per heavy atom. The second-order valence-corrected chi connectivity index (χ2v) is 5.63. The van der Waals surface area contributed by atoms with Crippen molar-refractivity contribution in [1.29, 1.82) is 0 Å². The van der Waals surface area contributed by atoms with Crippen molar-refractivity contribution in [3.8, 4) is 0 Å². The fourth-order valence-corrected chi connectivity index (χ4v) is 2.76. The molecule has 114 valence electrons. The summed E-state index contributed by atoms with van der Waals surface area (Å²) < 4.78 is 0. The van der Waals surface area contributed by atoms with Gasteiger partial charge in [-0.15, -0.1) is 0 Å². The van der Waals surface area contributed by atoms with Crippen molar-refractivity contribution in [3.63, 3.8) is 0 Å². The number of carbonyl (C=O) groups is 1. The highest BCUT2D eigenvalue weighted by atomic mass is 16.6. The van der Waals surface area contributed by atoms with Crippen molar-refractivity contribution in [1.82, 2.24) is 4.98 Å². The Kier molecular flexibility index (Phi) is 4.40. The summed E-state index contributed by atoms with van der Waals surface area (Å²) in [4.78, 5) is 27.4. The summed E-state index contributed by atoms with van der Waals surface area (Å²) >= 11 is 0. The van der Waals surface area contributed by atoms with E-state index < -0.39 is 10.9 Å². The molecule has 0 unspecified atom stereocenters. The zero-order valence-corrected chi connectivity index (χ0v) is 12.2. The fourth-order valence-electron chi connectivity index (χ4n) is 2.76. The van der Waals surface area contributed by atoms with E-state index in [-0.39, 0.29) is 23.2 Å². The maximum absolute atomic E-state index is 11.1. The van der Waals surface area contributed by atoms with Crippen molar-refractivity contribution in [2.24, 2.45) is 5.92 Å². The minimum atomic E-state index is -1.18. The molecule has 0 aliphatic heterocycles. The molecule has 1 aliphatic carbocycles. The van der Waals surface area contributed by atoms with Crippen molar-refractivity contribution >= 4 is 17.5 Å². The van der Waals surface area contributed by atoms with Gasteiger partial charge in [0.1, 0.15) is 0 Å². The molecule has 1 aromatic rings. The number of carboxylic acids is 1. The molecule has 1 aliphatic rings. The second kappa shape index (κ2) is 6.07. The topological polar surface area (TPSA) is 96.6 Å². The van der Waals surface area contributed by atoms with E-state index in [1.165, 1.54) is 12.1 Å². The van der Waals surface area contributed by atoms with Crippen molar-refractivity contribution < 1.29 is 14.8 Å². The highest BCUT2D eigenvalue weighted by Gasteiger charge is 2.28. The molecule has 1 fully saturated rings. The van der Waals surface area contributed by atoms with Crippen LogP contribution >= 0.6 is 0 Å². The van der Waals surface area contributed by atoms with Crippen LogP contribution in [0.5, 0.6) is 0 Å². The largest absolute Gasteiger partial charge is 0.477 e. The van der Waals surface area contributed by atoms with Gasteiger partial charge in [0.2, 0.25) is 5.82 Å². The summed E-state index contributed by atoms with van der Waals surface area (Å²) in [7, 11) is 1.75. The first-order valence-electron chi connectivity index (χ1n) is 7.01. The van der Waals surface area contributed by atoms with Gasteiger partial charge in [0.05, 0.1) is 4.92 Å². The number of hydrogen-bond acceptors (Lipinski definition) is 5. The lowest BCUT2D eigenvalue weighted by molar-refractivity contribution is -0.384. The first kappa shape index (κ1) is 15.2. The number of hydrogen-bond donors (Lipinski definition) is 1. The third-order valence-corrected chi connectivity index (χ3v) is 4.14. The lowest BCUT2D eigenvalue weighted by Crippen LogP contribution is -2.36. The highest BCUT2D eigenvalue weighted by molar-refractivity contribution is 5.86. The number of aromatic nitrogens is 1. The quantitative estimate of drug-likeness (QED) is 0.677. The number of rotatable bonds is 4. The van der Waals surface area contributed by atoms with E-state index in [9.17, 15) is 14.9 Å². The van der Waals surface area contributed by atoms with E-state index in [4.69, 9.17) is 5.11 Å². The van der Waals surface area contributed by atoms with Crippen LogP contribution in [0.3, 0.4) is 0 Å². The molecule has 1 saturated carbocycles. The Labute approximate surface area is 122 Å². The lowest BCUT2D eigenvalue weighted by atomic mass is 9.87. The van der Waals surface area contributed by atoms with Gasteiger partial charge in [-0.05, 0) is 37.7 Å². The van der Waals surface area contributed by atoms with Crippen molar-refractivity contribution in [3.05, 3.63) is 27.9 Å². The first-order valence-corrected chi connectivity index (χ1v) is 7.01. The van der Waals surface area contributed by atoms with Crippen LogP contribution in [0, 0.1) is 16.0 Å². The summed E-state index contributed by atoms with van der Waals surface area (Å²) in [6.07, 6.45) is 4.02. The van der Waals surface area contributed by atoms with E-state index in [0.29, 0.717) is 5.92 Å². The normalized spacial score (nSPS) is 21.8. The first-order chi connectivity index (χ1) is 9.90. The number of nitrogens with zero attached hydrogens (tertiary/aromatic N) is 3. The molecule has 0 atom stereocenters. The van der Waals surface area contributed by atoms with Gasteiger partial charge in [-0.3, -0.25) is 10.1 Å². The molecule has 1 N–H and O–H groups in total. The average molecular weight is 293 g/mol. The number of pyridine rings is 1. The molecule has 0 saturated heterocycles. The van der Waals surface area contributed by atoms with E-state index in [1.54, 1.807) is 11.9 Å². The fraction of sp³-hybridized carbons (Fsp3) is 0.571. The van der Waals surface area contributed by atoms with Crippen molar-refractivity contribution in [2.45, 2.75) is 38.6 Å². The van der Waals surface area contributed by atoms with E-state index in [0.717, 1.165) is 25.7 Å². The van der Waals surface area contributed by atoms with Gasteiger partial charge in [0, 0.05) is 19.2 Å². The van der Waals surface area contributed by atoms with Gasteiger partial charge in [0.15, 0.2) is 5.69 Å². The maximum atomic E-state index is 11.1. The van der Waals surface area contributed by atoms with Crippen LogP contribution in [-0.2, 0) is 0 Å². The van der Waals surface area contributed by atoms with Crippen molar-refractivity contribution in [2.75, 3.05) is 11.9 Å². The molecular weight excluding hydrogens is 274 g/mol. The summed E-state index contributed by atoms with van der Waals surface area (Å²) in [6, 6.07) is 2.55. The van der Waals surface area contributed by atoms with E-state index >= 15 is 0 Å². The monoisotopic (exact) mass is 293 g/mol. The molecule has 21 heavy (non-hydrogen) atoms. The standard InChI is InChI=1S/C14H19N3O4/c1-9-3-5-10(6-4-9)16(2)13-12(17(20)21)8-7-11(15-13)14(18)19/h7-10H,3-6H2,1-2H3,(H,18,19). The Morgan fingerprint density at radius 1 is 1.38 bits per heavy atom. The molecule has 0 aromatic carbocycles. The van der Waals surface area contributed by atoms with Gasteiger partial charge in [-0.25, -0.2) is 9.78 Å². The molecular formula is C14H19N3O4. The third-order valence-electron chi connectivity index (χ3n) is 4.14. The van der Waals surface area contributed by atoms with Gasteiger partial charge in [0.25, 0.3) is 0 Å². The SMILES string of the molecule is CC1CCC(N(C)c2nc(C(=O)O)ccc2[N+](=O)[O-])CC1. The molecule has 1 aromatic heterocycles. The second-order valence-electron chi connectivity index (χ2n) is 5.63. The lowest BCUT2D eigenvalue weighted by Gasteiger charge is -2.34. The van der Waals surface area contributed by atoms with Crippen LogP contribution in [0.4, 0.5) is 11.5 Å². The predicted molar refractivity (Wildman–Crippen MR) is 77.7 cm³/mol. The predicted octanol–water partition coefficient (Wildman–Crippen LogP) is 2.70. The van der Waals surface area contributed by atoms with Crippen LogP contribution in [0.15, 0.2) is 12.1 Å². The molecule has 7 heteroatoms. The number of aromatic carboxylic acids is 1. The summed E-state index contributed by atoms with van der Waals surface area (Å²) in [5, 5.41) is 20.1. The molecule has 0 spiro atoms. The summed E-state index contributed by atoms with van der Waals surface area (Å²) in [6.45, 7) is 2.20. The minimum absolute atomic E-state index is 0.138. The summed E-state index contributed by atoms with van der Waals surface area (Å²) in [5.41, 5.74) is -0.326. The van der Waals surface area contributed by atoms with Crippen LogP contribution < -0.4 is 4.90 Å². The Bertz CT molecular complexity index is 553. The molecule has 2 rings (SSSR count). The maximum Gasteiger partial charge on any atom is 0.354 e. The zero-order chi connectivity index (χ0) is 15.6. The smallest absolute Gasteiger partial charge is 0.354 e. The minimum Gasteiger partial charge on any atom is -0.477 e. The molecule has 7 nitrogen and oxygen atoms in total. The number of carboxylic acid groups (broad SMARTS) is 1. The molecule has 0 bridgehead atoms. The Hall–Kier alpha value is -2.18. The molecule has 0 amide bonds. The van der Waals surface area contributed by atoms with Gasteiger partial charge in [-0.2, -0.15) is 0 Å². The Morgan fingerprint density at radius 2 is 2.00 bits per heavy atom. The van der Waals surface area contributed by atoms with E-state index in [1.807, 2.05) is 0 Å². The average Bonchev–Trinajstić information content (AvgIpc) is 2.46. The van der Waals surface area contributed by atoms with Crippen LogP contribution in [0.25, 0.3) is 0 Å². The van der Waals surface area contributed by atoms with Crippen LogP contribution in [0.2, 0.25) is 0 Å². The van der Waals surface area contributed by atoms with Gasteiger partial charge < -0.3 is 10.0 Å². The van der Waals surface area contributed by atoms with Gasteiger partial charge >= 0.3 is 11.7 Å². The zero-order valence-electron chi connectivity index (χ0n) is 12.2. The van der Waals surface area contributed by atoms with Crippen LogP contribution in [-0.4, -0.2) is 34.1 Å². The van der Waals surface area contributed by atoms with Crippen LogP contribution in [0.1, 0.15) is 43.1 Å². The summed E-state index contributed by atoms with van der Waals surface area (Å²) in [5.74, 6) is -0.376. The number of anilines is 1. The Balaban J connectivity index is 2.33. The molecule has 0 radical (unpaired) electrons.